The summed E-state index contributed by atoms with van der Waals surface area (Å²) in [6.45, 7) is 0.166. The van der Waals surface area contributed by atoms with Crippen molar-refractivity contribution in [3.63, 3.8) is 0 Å². The van der Waals surface area contributed by atoms with Crippen LogP contribution >= 0.6 is 0 Å². The van der Waals surface area contributed by atoms with Crippen LogP contribution in [0.15, 0.2) is 94.2 Å². The summed E-state index contributed by atoms with van der Waals surface area (Å²) in [5.41, 5.74) is 2.17. The lowest BCUT2D eigenvalue weighted by Crippen LogP contribution is -2.11. The van der Waals surface area contributed by atoms with E-state index in [-0.39, 0.29) is 11.5 Å². The van der Waals surface area contributed by atoms with Crippen LogP contribution in [0.25, 0.3) is 22.6 Å². The molecule has 4 rings (SSSR count). The molecule has 0 saturated heterocycles. The third-order valence-electron chi connectivity index (χ3n) is 4.27. The van der Waals surface area contributed by atoms with Crippen molar-refractivity contribution >= 4 is 10.0 Å². The molecule has 29 heavy (non-hydrogen) atoms. The van der Waals surface area contributed by atoms with Crippen LogP contribution in [0.1, 0.15) is 5.89 Å². The van der Waals surface area contributed by atoms with E-state index in [1.807, 2.05) is 60.7 Å². The number of aromatic nitrogens is 1. The van der Waals surface area contributed by atoms with Gasteiger partial charge in [-0.3, -0.25) is 0 Å². The SMILES string of the molecule is NS(=O)(=O)c1ccc(-c2nc(COc3ccccc3)oc2-c2ccccc2)cc1. The van der Waals surface area contributed by atoms with Crippen molar-refractivity contribution < 1.29 is 17.6 Å². The lowest BCUT2D eigenvalue weighted by Gasteiger charge is -2.03. The zero-order chi connectivity index (χ0) is 20.3. The van der Waals surface area contributed by atoms with Gasteiger partial charge in [0.1, 0.15) is 11.4 Å². The van der Waals surface area contributed by atoms with Crippen molar-refractivity contribution in [2.24, 2.45) is 5.14 Å². The molecule has 0 amide bonds. The second kappa shape index (κ2) is 7.90. The maximum atomic E-state index is 11.5. The van der Waals surface area contributed by atoms with Crippen molar-refractivity contribution in [1.29, 1.82) is 0 Å². The normalized spacial score (nSPS) is 11.3. The first-order valence-corrected chi connectivity index (χ1v) is 10.4. The quantitative estimate of drug-likeness (QED) is 0.517. The minimum absolute atomic E-state index is 0.0404. The molecule has 3 aromatic carbocycles. The first kappa shape index (κ1) is 18.9. The fraction of sp³-hybridized carbons (Fsp3) is 0.0455. The van der Waals surface area contributed by atoms with Crippen molar-refractivity contribution in [3.8, 4) is 28.3 Å². The smallest absolute Gasteiger partial charge is 0.238 e. The molecule has 2 N–H and O–H groups in total. The molecule has 0 aliphatic heterocycles. The van der Waals surface area contributed by atoms with Gasteiger partial charge in [-0.15, -0.1) is 0 Å². The van der Waals surface area contributed by atoms with Gasteiger partial charge in [-0.25, -0.2) is 18.5 Å². The average Bonchev–Trinajstić information content (AvgIpc) is 3.17. The molecule has 0 aliphatic rings. The highest BCUT2D eigenvalue weighted by Gasteiger charge is 2.18. The molecule has 1 heterocycles. The summed E-state index contributed by atoms with van der Waals surface area (Å²) < 4.78 is 34.8. The van der Waals surface area contributed by atoms with Gasteiger partial charge in [-0.05, 0) is 24.3 Å². The largest absolute Gasteiger partial charge is 0.484 e. The van der Waals surface area contributed by atoms with Gasteiger partial charge in [0, 0.05) is 11.1 Å². The second-order valence-electron chi connectivity index (χ2n) is 6.32. The number of nitrogens with zero attached hydrogens (tertiary/aromatic N) is 1. The highest BCUT2D eigenvalue weighted by Crippen LogP contribution is 2.33. The fourth-order valence-corrected chi connectivity index (χ4v) is 3.39. The van der Waals surface area contributed by atoms with E-state index in [9.17, 15) is 8.42 Å². The highest BCUT2D eigenvalue weighted by atomic mass is 32.2. The molecule has 0 saturated carbocycles. The zero-order valence-electron chi connectivity index (χ0n) is 15.4. The number of hydrogen-bond donors (Lipinski definition) is 1. The van der Waals surface area contributed by atoms with Crippen LogP contribution in [0.2, 0.25) is 0 Å². The number of sulfonamides is 1. The Balaban J connectivity index is 1.70. The molecule has 0 unspecified atom stereocenters. The summed E-state index contributed by atoms with van der Waals surface area (Å²) in [7, 11) is -3.76. The third-order valence-corrected chi connectivity index (χ3v) is 5.20. The molecule has 4 aromatic rings. The minimum atomic E-state index is -3.76. The van der Waals surface area contributed by atoms with E-state index in [1.54, 1.807) is 12.1 Å². The number of para-hydroxylation sites is 1. The molecule has 0 aliphatic carbocycles. The number of ether oxygens (including phenoxy) is 1. The predicted octanol–water partition coefficient (Wildman–Crippen LogP) is 4.24. The molecular formula is C22H18N2O4S. The number of nitrogens with two attached hydrogens (primary N) is 1. The van der Waals surface area contributed by atoms with E-state index in [0.29, 0.717) is 28.7 Å². The second-order valence-corrected chi connectivity index (χ2v) is 7.88. The van der Waals surface area contributed by atoms with Crippen LogP contribution < -0.4 is 9.88 Å². The van der Waals surface area contributed by atoms with Crippen molar-refractivity contribution in [2.45, 2.75) is 11.5 Å². The Hall–Kier alpha value is -3.42. The van der Waals surface area contributed by atoms with Gasteiger partial charge in [0.15, 0.2) is 12.4 Å². The first-order chi connectivity index (χ1) is 14.0. The summed E-state index contributed by atoms with van der Waals surface area (Å²) in [6, 6.07) is 25.2. The lowest BCUT2D eigenvalue weighted by molar-refractivity contribution is 0.264. The molecule has 0 radical (unpaired) electrons. The number of benzene rings is 3. The van der Waals surface area contributed by atoms with E-state index in [2.05, 4.69) is 4.98 Å². The van der Waals surface area contributed by atoms with E-state index in [0.717, 1.165) is 5.56 Å². The van der Waals surface area contributed by atoms with E-state index < -0.39 is 10.0 Å². The van der Waals surface area contributed by atoms with Gasteiger partial charge >= 0.3 is 0 Å². The molecule has 146 valence electrons. The van der Waals surface area contributed by atoms with Crippen molar-refractivity contribution in [2.75, 3.05) is 0 Å². The Morgan fingerprint density at radius 3 is 2.07 bits per heavy atom. The Morgan fingerprint density at radius 1 is 0.828 bits per heavy atom. The summed E-state index contributed by atoms with van der Waals surface area (Å²) >= 11 is 0. The topological polar surface area (TPSA) is 95.4 Å². The van der Waals surface area contributed by atoms with Gasteiger partial charge in [0.2, 0.25) is 15.9 Å². The maximum absolute atomic E-state index is 11.5. The highest BCUT2D eigenvalue weighted by molar-refractivity contribution is 7.89. The van der Waals surface area contributed by atoms with E-state index >= 15 is 0 Å². The van der Waals surface area contributed by atoms with Crippen LogP contribution in [0, 0.1) is 0 Å². The average molecular weight is 406 g/mol. The van der Waals surface area contributed by atoms with Gasteiger partial charge in [-0.1, -0.05) is 60.7 Å². The molecule has 6 nitrogen and oxygen atoms in total. The summed E-state index contributed by atoms with van der Waals surface area (Å²) in [5.74, 6) is 1.71. The Kier molecular flexibility index (Phi) is 5.16. The van der Waals surface area contributed by atoms with Crippen LogP contribution in [-0.2, 0) is 16.6 Å². The van der Waals surface area contributed by atoms with E-state index in [1.165, 1.54) is 12.1 Å². The molecule has 0 spiro atoms. The fourth-order valence-electron chi connectivity index (χ4n) is 2.87. The monoisotopic (exact) mass is 406 g/mol. The molecular weight excluding hydrogens is 388 g/mol. The Bertz CT molecular complexity index is 1200. The zero-order valence-corrected chi connectivity index (χ0v) is 16.2. The van der Waals surface area contributed by atoms with Crippen LogP contribution in [0.3, 0.4) is 0 Å². The molecule has 0 fully saturated rings. The molecule has 0 atom stereocenters. The molecule has 7 heteroatoms. The van der Waals surface area contributed by atoms with Gasteiger partial charge in [0.25, 0.3) is 0 Å². The number of hydrogen-bond acceptors (Lipinski definition) is 5. The summed E-state index contributed by atoms with van der Waals surface area (Å²) in [6.07, 6.45) is 0. The van der Waals surface area contributed by atoms with Crippen LogP contribution in [0.5, 0.6) is 5.75 Å². The summed E-state index contributed by atoms with van der Waals surface area (Å²) in [5, 5.41) is 5.19. The number of primary sulfonamides is 1. The van der Waals surface area contributed by atoms with Gasteiger partial charge < -0.3 is 9.15 Å². The van der Waals surface area contributed by atoms with Gasteiger partial charge in [0.05, 0.1) is 4.90 Å². The Morgan fingerprint density at radius 2 is 1.45 bits per heavy atom. The number of oxazole rings is 1. The predicted molar refractivity (Wildman–Crippen MR) is 110 cm³/mol. The van der Waals surface area contributed by atoms with Crippen molar-refractivity contribution in [3.05, 3.63) is 90.8 Å². The van der Waals surface area contributed by atoms with Crippen molar-refractivity contribution in [1.82, 2.24) is 4.98 Å². The Labute approximate surface area is 168 Å². The van der Waals surface area contributed by atoms with E-state index in [4.69, 9.17) is 14.3 Å². The molecule has 1 aromatic heterocycles. The maximum Gasteiger partial charge on any atom is 0.238 e. The minimum Gasteiger partial charge on any atom is -0.484 e. The number of rotatable bonds is 6. The van der Waals surface area contributed by atoms with Gasteiger partial charge in [-0.2, -0.15) is 0 Å². The summed E-state index contributed by atoms with van der Waals surface area (Å²) in [4.78, 5) is 4.63. The standard InChI is InChI=1S/C22H18N2O4S/c23-29(25,26)19-13-11-16(12-14-19)21-22(17-7-3-1-4-8-17)28-20(24-21)15-27-18-9-5-2-6-10-18/h1-14H,15H2,(H2,23,25,26). The first-order valence-electron chi connectivity index (χ1n) is 8.87. The third kappa shape index (κ3) is 4.37. The van der Waals surface area contributed by atoms with Crippen LogP contribution in [-0.4, -0.2) is 13.4 Å². The molecule has 0 bridgehead atoms. The lowest BCUT2D eigenvalue weighted by atomic mass is 10.1. The van der Waals surface area contributed by atoms with Crippen LogP contribution in [0.4, 0.5) is 0 Å².